The van der Waals surface area contributed by atoms with Gasteiger partial charge >= 0.3 is 0 Å². The maximum Gasteiger partial charge on any atom is 0.191 e. The molecule has 0 spiro atoms. The van der Waals surface area contributed by atoms with Crippen LogP contribution in [0.4, 0.5) is 0 Å². The number of nitrogens with zero attached hydrogens (tertiary/aromatic N) is 1. The van der Waals surface area contributed by atoms with E-state index in [1.54, 1.807) is 14.2 Å². The van der Waals surface area contributed by atoms with Crippen LogP contribution in [-0.2, 0) is 4.74 Å². The summed E-state index contributed by atoms with van der Waals surface area (Å²) in [6.07, 6.45) is 0. The number of aliphatic imine (C=N–C) groups is 1. The summed E-state index contributed by atoms with van der Waals surface area (Å²) in [5.74, 6) is 3.27. The summed E-state index contributed by atoms with van der Waals surface area (Å²) in [6.45, 7) is 10.7. The van der Waals surface area contributed by atoms with Gasteiger partial charge in [0.1, 0.15) is 5.75 Å². The van der Waals surface area contributed by atoms with Gasteiger partial charge in [-0.3, -0.25) is 4.99 Å². The minimum absolute atomic E-state index is 0.256. The number of hydrogen-bond acceptors (Lipinski definition) is 4. The fourth-order valence-corrected chi connectivity index (χ4v) is 3.03. The zero-order valence-electron chi connectivity index (χ0n) is 16.4. The van der Waals surface area contributed by atoms with Gasteiger partial charge in [0, 0.05) is 30.8 Å². The van der Waals surface area contributed by atoms with E-state index in [2.05, 4.69) is 35.5 Å². The quantitative estimate of drug-likeness (QED) is 0.377. The van der Waals surface area contributed by atoms with Gasteiger partial charge in [-0.05, 0) is 38.8 Å². The van der Waals surface area contributed by atoms with E-state index < -0.39 is 0 Å². The molecule has 1 atom stereocenters. The van der Waals surface area contributed by atoms with Crippen LogP contribution in [-0.4, -0.2) is 51.2 Å². The van der Waals surface area contributed by atoms with Crippen LogP contribution < -0.4 is 15.4 Å². The molecule has 6 heteroatoms. The van der Waals surface area contributed by atoms with Gasteiger partial charge in [-0.1, -0.05) is 19.1 Å². The van der Waals surface area contributed by atoms with Gasteiger partial charge in [0.15, 0.2) is 5.96 Å². The van der Waals surface area contributed by atoms with Crippen LogP contribution in [0.2, 0.25) is 0 Å². The lowest BCUT2D eigenvalue weighted by Gasteiger charge is -2.22. The van der Waals surface area contributed by atoms with Gasteiger partial charge in [-0.15, -0.1) is 11.8 Å². The van der Waals surface area contributed by atoms with Crippen molar-refractivity contribution in [2.24, 2.45) is 10.9 Å². The Morgan fingerprint density at radius 3 is 2.60 bits per heavy atom. The van der Waals surface area contributed by atoms with Crippen molar-refractivity contribution in [2.45, 2.75) is 38.2 Å². The molecule has 0 heterocycles. The van der Waals surface area contributed by atoms with Crippen molar-refractivity contribution in [1.82, 2.24) is 10.6 Å². The standard InChI is InChI=1S/C19H33N3O2S/c1-7-20-18(22-14-19(3,4)24-6)21-12-15(2)13-25-17-11-9-8-10-16(17)23-5/h8-11,15H,7,12-14H2,1-6H3,(H2,20,21,22). The molecule has 1 aromatic carbocycles. The van der Waals surface area contributed by atoms with Crippen LogP contribution >= 0.6 is 11.8 Å². The Morgan fingerprint density at radius 1 is 1.24 bits per heavy atom. The van der Waals surface area contributed by atoms with Crippen molar-refractivity contribution in [3.63, 3.8) is 0 Å². The molecule has 0 saturated heterocycles. The van der Waals surface area contributed by atoms with E-state index in [4.69, 9.17) is 9.47 Å². The third-order valence-corrected chi connectivity index (χ3v) is 5.11. The highest BCUT2D eigenvalue weighted by molar-refractivity contribution is 7.99. The fraction of sp³-hybridized carbons (Fsp3) is 0.632. The molecule has 0 aliphatic heterocycles. The van der Waals surface area contributed by atoms with E-state index in [1.807, 2.05) is 43.8 Å². The summed E-state index contributed by atoms with van der Waals surface area (Å²) < 4.78 is 10.8. The summed E-state index contributed by atoms with van der Waals surface area (Å²) in [6, 6.07) is 8.14. The number of para-hydroxylation sites is 1. The van der Waals surface area contributed by atoms with E-state index in [9.17, 15) is 0 Å². The molecule has 0 aliphatic rings. The predicted molar refractivity (Wildman–Crippen MR) is 108 cm³/mol. The number of thioether (sulfide) groups is 1. The average molecular weight is 368 g/mol. The molecule has 1 rings (SSSR count). The molecular weight excluding hydrogens is 334 g/mol. The molecule has 2 N–H and O–H groups in total. The van der Waals surface area contributed by atoms with Gasteiger partial charge in [0.05, 0.1) is 19.3 Å². The van der Waals surface area contributed by atoms with Crippen molar-refractivity contribution in [1.29, 1.82) is 0 Å². The Labute approximate surface area is 157 Å². The normalized spacial score (nSPS) is 13.4. The Kier molecular flexibility index (Phi) is 9.75. The van der Waals surface area contributed by atoms with Gasteiger partial charge in [0.2, 0.25) is 0 Å². The van der Waals surface area contributed by atoms with Crippen LogP contribution in [0, 0.1) is 5.92 Å². The first-order chi connectivity index (χ1) is 11.9. The lowest BCUT2D eigenvalue weighted by Crippen LogP contribution is -2.41. The molecule has 0 saturated carbocycles. The molecule has 1 unspecified atom stereocenters. The number of benzene rings is 1. The molecule has 0 radical (unpaired) electrons. The van der Waals surface area contributed by atoms with Gasteiger partial charge in [-0.25, -0.2) is 0 Å². The molecule has 142 valence electrons. The Hall–Kier alpha value is -1.40. The molecule has 0 amide bonds. The Bertz CT molecular complexity index is 535. The number of rotatable bonds is 10. The van der Waals surface area contributed by atoms with Crippen LogP contribution in [0.1, 0.15) is 27.7 Å². The lowest BCUT2D eigenvalue weighted by atomic mass is 10.1. The van der Waals surface area contributed by atoms with Gasteiger partial charge < -0.3 is 20.1 Å². The van der Waals surface area contributed by atoms with Crippen molar-refractivity contribution in [3.8, 4) is 5.75 Å². The monoisotopic (exact) mass is 367 g/mol. The van der Waals surface area contributed by atoms with Crippen LogP contribution in [0.15, 0.2) is 34.2 Å². The molecule has 0 bridgehead atoms. The maximum atomic E-state index is 5.42. The second-order valence-electron chi connectivity index (χ2n) is 6.61. The van der Waals surface area contributed by atoms with E-state index in [1.165, 1.54) is 4.90 Å². The Morgan fingerprint density at radius 2 is 1.96 bits per heavy atom. The summed E-state index contributed by atoms with van der Waals surface area (Å²) >= 11 is 1.82. The summed E-state index contributed by atoms with van der Waals surface area (Å²) in [7, 11) is 3.43. The first kappa shape index (κ1) is 21.6. The van der Waals surface area contributed by atoms with E-state index in [0.29, 0.717) is 12.5 Å². The highest BCUT2D eigenvalue weighted by Crippen LogP contribution is 2.29. The molecule has 0 aliphatic carbocycles. The molecular formula is C19H33N3O2S. The zero-order valence-corrected chi connectivity index (χ0v) is 17.2. The molecule has 5 nitrogen and oxygen atoms in total. The van der Waals surface area contributed by atoms with E-state index >= 15 is 0 Å². The summed E-state index contributed by atoms with van der Waals surface area (Å²) in [5, 5.41) is 6.70. The zero-order chi connectivity index (χ0) is 18.7. The molecule has 0 fully saturated rings. The molecule has 0 aromatic heterocycles. The second-order valence-corrected chi connectivity index (χ2v) is 7.67. The van der Waals surface area contributed by atoms with Crippen LogP contribution in [0.5, 0.6) is 5.75 Å². The smallest absolute Gasteiger partial charge is 0.191 e. The Balaban J connectivity index is 2.48. The maximum absolute atomic E-state index is 5.42. The lowest BCUT2D eigenvalue weighted by molar-refractivity contribution is 0.0310. The average Bonchev–Trinajstić information content (AvgIpc) is 2.62. The first-order valence-corrected chi connectivity index (χ1v) is 9.73. The number of guanidine groups is 1. The summed E-state index contributed by atoms with van der Waals surface area (Å²) in [5.41, 5.74) is -0.256. The summed E-state index contributed by atoms with van der Waals surface area (Å²) in [4.78, 5) is 5.80. The highest BCUT2D eigenvalue weighted by atomic mass is 32.2. The second kappa shape index (κ2) is 11.3. The van der Waals surface area contributed by atoms with Crippen molar-refractivity contribution >= 4 is 17.7 Å². The minimum Gasteiger partial charge on any atom is -0.496 e. The van der Waals surface area contributed by atoms with Gasteiger partial charge in [-0.2, -0.15) is 0 Å². The number of nitrogens with one attached hydrogen (secondary N) is 2. The SMILES string of the molecule is CCNC(=NCC(C)(C)OC)NCC(C)CSc1ccccc1OC. The van der Waals surface area contributed by atoms with Crippen molar-refractivity contribution in [2.75, 3.05) is 39.6 Å². The van der Waals surface area contributed by atoms with Crippen LogP contribution in [0.25, 0.3) is 0 Å². The number of methoxy groups -OCH3 is 2. The van der Waals surface area contributed by atoms with Gasteiger partial charge in [0.25, 0.3) is 0 Å². The van der Waals surface area contributed by atoms with Crippen molar-refractivity contribution in [3.05, 3.63) is 24.3 Å². The first-order valence-electron chi connectivity index (χ1n) is 8.75. The van der Waals surface area contributed by atoms with E-state index in [0.717, 1.165) is 30.6 Å². The van der Waals surface area contributed by atoms with E-state index in [-0.39, 0.29) is 5.60 Å². The largest absolute Gasteiger partial charge is 0.496 e. The minimum atomic E-state index is -0.256. The van der Waals surface area contributed by atoms with Crippen molar-refractivity contribution < 1.29 is 9.47 Å². The third kappa shape index (κ3) is 8.50. The van der Waals surface area contributed by atoms with Crippen LogP contribution in [0.3, 0.4) is 0 Å². The molecule has 25 heavy (non-hydrogen) atoms. The fourth-order valence-electron chi connectivity index (χ4n) is 1.98. The number of ether oxygens (including phenoxy) is 2. The number of hydrogen-bond donors (Lipinski definition) is 2. The predicted octanol–water partition coefficient (Wildman–Crippen LogP) is 3.40. The highest BCUT2D eigenvalue weighted by Gasteiger charge is 2.16. The molecule has 1 aromatic rings. The topological polar surface area (TPSA) is 54.9 Å². The third-order valence-electron chi connectivity index (χ3n) is 3.73.